The Hall–Kier alpha value is -3.39. The molecule has 2 fully saturated rings. The van der Waals surface area contributed by atoms with E-state index in [1.165, 1.54) is 5.39 Å². The van der Waals surface area contributed by atoms with Crippen LogP contribution in [0.3, 0.4) is 0 Å². The number of fused-ring (bicyclic) bond motifs is 1. The van der Waals surface area contributed by atoms with Gasteiger partial charge in [-0.25, -0.2) is 14.8 Å². The number of carbonyl (C=O) groups is 1. The summed E-state index contributed by atoms with van der Waals surface area (Å²) in [5, 5.41) is 5.33. The maximum Gasteiger partial charge on any atom is 0.321 e. The number of carbonyl (C=O) groups excluding carboxylic acids is 1. The number of benzene rings is 2. The van der Waals surface area contributed by atoms with Gasteiger partial charge >= 0.3 is 6.03 Å². The molecule has 166 valence electrons. The van der Waals surface area contributed by atoms with Gasteiger partial charge in [0.05, 0.1) is 0 Å². The molecule has 2 amide bonds. The van der Waals surface area contributed by atoms with Gasteiger partial charge in [0.1, 0.15) is 18.0 Å². The standard InChI is InChI=1S/C24H29N7O/c1-28-8-10-29(11-9-28)22-17-23(26-18-25-22)30-12-14-31(15-13-30)24(32)27-21-7-6-19-4-2-3-5-20(19)16-21/h2-7,16-18H,8-15H2,1H3,(H,27,32). The maximum absolute atomic E-state index is 12.8. The molecule has 1 N–H and O–H groups in total. The third-order valence-electron chi connectivity index (χ3n) is 6.36. The van der Waals surface area contributed by atoms with E-state index in [1.54, 1.807) is 6.33 Å². The normalized spacial score (nSPS) is 17.6. The van der Waals surface area contributed by atoms with E-state index in [0.29, 0.717) is 13.1 Å². The van der Waals surface area contributed by atoms with E-state index in [0.717, 1.165) is 62.0 Å². The van der Waals surface area contributed by atoms with E-state index >= 15 is 0 Å². The lowest BCUT2D eigenvalue weighted by Crippen LogP contribution is -2.50. The van der Waals surface area contributed by atoms with Crippen LogP contribution in [0.2, 0.25) is 0 Å². The van der Waals surface area contributed by atoms with Crippen LogP contribution in [-0.4, -0.2) is 85.2 Å². The fourth-order valence-corrected chi connectivity index (χ4v) is 4.33. The molecule has 5 rings (SSSR count). The Morgan fingerprint density at radius 2 is 1.41 bits per heavy atom. The van der Waals surface area contributed by atoms with Gasteiger partial charge < -0.3 is 24.9 Å². The average molecular weight is 432 g/mol. The highest BCUT2D eigenvalue weighted by molar-refractivity contribution is 5.93. The molecule has 0 atom stereocenters. The van der Waals surface area contributed by atoms with Crippen molar-refractivity contribution in [3.05, 3.63) is 54.9 Å². The molecule has 3 heterocycles. The minimum Gasteiger partial charge on any atom is -0.354 e. The maximum atomic E-state index is 12.8. The van der Waals surface area contributed by atoms with Gasteiger partial charge in [-0.1, -0.05) is 30.3 Å². The first-order valence-corrected chi connectivity index (χ1v) is 11.2. The molecular formula is C24H29N7O. The summed E-state index contributed by atoms with van der Waals surface area (Å²) in [6, 6.07) is 16.2. The van der Waals surface area contributed by atoms with Crippen molar-refractivity contribution in [1.29, 1.82) is 0 Å². The fourth-order valence-electron chi connectivity index (χ4n) is 4.33. The SMILES string of the molecule is CN1CCN(c2cc(N3CCN(C(=O)Nc4ccc5ccccc5c4)CC3)ncn2)CC1. The molecule has 2 aliphatic rings. The molecule has 3 aromatic rings. The predicted octanol–water partition coefficient (Wildman–Crippen LogP) is 2.74. The molecule has 8 heteroatoms. The van der Waals surface area contributed by atoms with Crippen LogP contribution in [0.5, 0.6) is 0 Å². The van der Waals surface area contributed by atoms with Crippen LogP contribution in [0.4, 0.5) is 22.1 Å². The van der Waals surface area contributed by atoms with Gasteiger partial charge in [-0.3, -0.25) is 0 Å². The van der Waals surface area contributed by atoms with Crippen molar-refractivity contribution >= 4 is 34.1 Å². The van der Waals surface area contributed by atoms with Crippen molar-refractivity contribution in [3.8, 4) is 0 Å². The number of rotatable bonds is 3. The minimum atomic E-state index is -0.0549. The van der Waals surface area contributed by atoms with Crippen LogP contribution in [0.1, 0.15) is 0 Å². The third-order valence-corrected chi connectivity index (χ3v) is 6.36. The van der Waals surface area contributed by atoms with E-state index < -0.39 is 0 Å². The minimum absolute atomic E-state index is 0.0549. The molecule has 0 spiro atoms. The summed E-state index contributed by atoms with van der Waals surface area (Å²) in [5.41, 5.74) is 0.823. The second-order valence-corrected chi connectivity index (χ2v) is 8.49. The first kappa shape index (κ1) is 20.5. The monoisotopic (exact) mass is 431 g/mol. The van der Waals surface area contributed by atoms with Crippen LogP contribution in [0, 0.1) is 0 Å². The van der Waals surface area contributed by atoms with Gasteiger partial charge in [0.25, 0.3) is 0 Å². The number of amides is 2. The van der Waals surface area contributed by atoms with Gasteiger partial charge in [-0.2, -0.15) is 0 Å². The topological polar surface area (TPSA) is 67.8 Å². The van der Waals surface area contributed by atoms with Crippen LogP contribution in [0.15, 0.2) is 54.9 Å². The summed E-state index contributed by atoms with van der Waals surface area (Å²) in [7, 11) is 2.15. The summed E-state index contributed by atoms with van der Waals surface area (Å²) in [5.74, 6) is 1.92. The molecule has 0 radical (unpaired) electrons. The molecule has 0 bridgehead atoms. The van der Waals surface area contributed by atoms with Crippen LogP contribution in [-0.2, 0) is 0 Å². The summed E-state index contributed by atoms with van der Waals surface area (Å²) >= 11 is 0. The van der Waals surface area contributed by atoms with Crippen molar-refractivity contribution in [2.45, 2.75) is 0 Å². The van der Waals surface area contributed by atoms with Gasteiger partial charge in [0.2, 0.25) is 0 Å². The number of nitrogens with zero attached hydrogens (tertiary/aromatic N) is 6. The Kier molecular flexibility index (Phi) is 5.77. The molecule has 2 aliphatic heterocycles. The molecule has 0 aliphatic carbocycles. The van der Waals surface area contributed by atoms with Crippen molar-refractivity contribution < 1.29 is 4.79 Å². The summed E-state index contributed by atoms with van der Waals surface area (Å²) in [6.45, 7) is 6.88. The Bertz CT molecular complexity index is 1090. The zero-order valence-electron chi connectivity index (χ0n) is 18.4. The van der Waals surface area contributed by atoms with Gasteiger partial charge in [0, 0.05) is 64.1 Å². The largest absolute Gasteiger partial charge is 0.354 e. The quantitative estimate of drug-likeness (QED) is 0.688. The molecule has 32 heavy (non-hydrogen) atoms. The fraction of sp³-hybridized carbons (Fsp3) is 0.375. The number of aromatic nitrogens is 2. The Balaban J connectivity index is 1.18. The number of anilines is 3. The van der Waals surface area contributed by atoms with E-state index in [2.05, 4.69) is 55.2 Å². The third kappa shape index (κ3) is 4.45. The zero-order valence-corrected chi connectivity index (χ0v) is 18.4. The molecule has 2 saturated heterocycles. The van der Waals surface area contributed by atoms with Crippen LogP contribution >= 0.6 is 0 Å². The first-order valence-electron chi connectivity index (χ1n) is 11.2. The molecule has 8 nitrogen and oxygen atoms in total. The number of piperazine rings is 2. The Morgan fingerprint density at radius 3 is 2.09 bits per heavy atom. The van der Waals surface area contributed by atoms with Crippen molar-refractivity contribution in [2.24, 2.45) is 0 Å². The van der Waals surface area contributed by atoms with E-state index in [-0.39, 0.29) is 6.03 Å². The highest BCUT2D eigenvalue weighted by atomic mass is 16.2. The highest BCUT2D eigenvalue weighted by Crippen LogP contribution is 2.22. The van der Waals surface area contributed by atoms with Crippen LogP contribution in [0.25, 0.3) is 10.8 Å². The molecular weight excluding hydrogens is 402 g/mol. The average Bonchev–Trinajstić information content (AvgIpc) is 2.84. The molecule has 1 aromatic heterocycles. The second-order valence-electron chi connectivity index (χ2n) is 8.49. The van der Waals surface area contributed by atoms with Crippen LogP contribution < -0.4 is 15.1 Å². The number of likely N-dealkylation sites (N-methyl/N-ethyl adjacent to an activating group) is 1. The molecule has 0 unspecified atom stereocenters. The number of hydrogen-bond donors (Lipinski definition) is 1. The van der Waals surface area contributed by atoms with Gasteiger partial charge in [0.15, 0.2) is 0 Å². The van der Waals surface area contributed by atoms with E-state index in [1.807, 2.05) is 35.2 Å². The summed E-state index contributed by atoms with van der Waals surface area (Å²) < 4.78 is 0. The van der Waals surface area contributed by atoms with E-state index in [9.17, 15) is 4.79 Å². The second kappa shape index (κ2) is 9.00. The van der Waals surface area contributed by atoms with Gasteiger partial charge in [-0.05, 0) is 30.0 Å². The number of nitrogens with one attached hydrogen (secondary N) is 1. The first-order chi connectivity index (χ1) is 15.7. The van der Waals surface area contributed by atoms with E-state index in [4.69, 9.17) is 0 Å². The lowest BCUT2D eigenvalue weighted by molar-refractivity contribution is 0.208. The van der Waals surface area contributed by atoms with Crippen molar-refractivity contribution in [2.75, 3.05) is 74.5 Å². The Morgan fingerprint density at radius 1 is 0.781 bits per heavy atom. The number of hydrogen-bond acceptors (Lipinski definition) is 6. The zero-order chi connectivity index (χ0) is 21.9. The van der Waals surface area contributed by atoms with Crippen molar-refractivity contribution in [3.63, 3.8) is 0 Å². The van der Waals surface area contributed by atoms with Gasteiger partial charge in [-0.15, -0.1) is 0 Å². The number of urea groups is 1. The Labute approximate surface area is 188 Å². The lowest BCUT2D eigenvalue weighted by Gasteiger charge is -2.36. The predicted molar refractivity (Wildman–Crippen MR) is 128 cm³/mol. The summed E-state index contributed by atoms with van der Waals surface area (Å²) in [6.07, 6.45) is 1.65. The summed E-state index contributed by atoms with van der Waals surface area (Å²) in [4.78, 5) is 30.5. The smallest absolute Gasteiger partial charge is 0.321 e. The van der Waals surface area contributed by atoms with Crippen molar-refractivity contribution in [1.82, 2.24) is 19.8 Å². The lowest BCUT2D eigenvalue weighted by atomic mass is 10.1. The molecule has 2 aromatic carbocycles. The highest BCUT2D eigenvalue weighted by Gasteiger charge is 2.23. The molecule has 0 saturated carbocycles.